The number of hydrogen-bond donors (Lipinski definition) is 2. The highest BCUT2D eigenvalue weighted by Crippen LogP contribution is 2.27. The van der Waals surface area contributed by atoms with Gasteiger partial charge < -0.3 is 16.0 Å². The molecule has 0 aromatic heterocycles. The molecule has 0 radical (unpaired) electrons. The molecule has 0 fully saturated rings. The summed E-state index contributed by atoms with van der Waals surface area (Å²) in [6.07, 6.45) is 1.59. The number of para-hydroxylation sites is 1. The number of rotatable bonds is 6. The second-order valence-corrected chi connectivity index (χ2v) is 4.59. The van der Waals surface area contributed by atoms with Gasteiger partial charge in [-0.25, -0.2) is 0 Å². The summed E-state index contributed by atoms with van der Waals surface area (Å²) < 4.78 is 0. The van der Waals surface area contributed by atoms with Crippen LogP contribution < -0.4 is 16.0 Å². The summed E-state index contributed by atoms with van der Waals surface area (Å²) in [5, 5.41) is 2.81. The van der Waals surface area contributed by atoms with Gasteiger partial charge in [0.1, 0.15) is 0 Å². The number of nitrogens with one attached hydrogen (secondary N) is 1. The standard InChI is InChI=1S/C14H19N3O2.ClH/c15-7-3-6-13(18)16-8-9-17-12-5-2-1-4-11(12)10-14(17)19;/h1-2,4-5H,3,6-10,15H2,(H,16,18);1H. The van der Waals surface area contributed by atoms with E-state index in [9.17, 15) is 9.59 Å². The van der Waals surface area contributed by atoms with E-state index in [2.05, 4.69) is 5.32 Å². The minimum Gasteiger partial charge on any atom is -0.354 e. The predicted octanol–water partition coefficient (Wildman–Crippen LogP) is 0.853. The Labute approximate surface area is 124 Å². The number of carbonyl (C=O) groups is 2. The first-order valence-corrected chi connectivity index (χ1v) is 6.57. The van der Waals surface area contributed by atoms with Gasteiger partial charge in [0.25, 0.3) is 0 Å². The van der Waals surface area contributed by atoms with Crippen LogP contribution in [-0.4, -0.2) is 31.4 Å². The Morgan fingerprint density at radius 3 is 2.85 bits per heavy atom. The number of carbonyl (C=O) groups excluding carboxylic acids is 2. The van der Waals surface area contributed by atoms with Crippen molar-refractivity contribution in [3.63, 3.8) is 0 Å². The second kappa shape index (κ2) is 7.87. The van der Waals surface area contributed by atoms with Crippen LogP contribution in [0.1, 0.15) is 18.4 Å². The fraction of sp³-hybridized carbons (Fsp3) is 0.429. The van der Waals surface area contributed by atoms with Crippen molar-refractivity contribution in [2.45, 2.75) is 19.3 Å². The Morgan fingerprint density at radius 2 is 2.10 bits per heavy atom. The zero-order chi connectivity index (χ0) is 13.7. The van der Waals surface area contributed by atoms with Crippen LogP contribution in [0.4, 0.5) is 5.69 Å². The van der Waals surface area contributed by atoms with Crippen LogP contribution in [0.5, 0.6) is 0 Å². The average molecular weight is 298 g/mol. The molecular formula is C14H20ClN3O2. The van der Waals surface area contributed by atoms with E-state index >= 15 is 0 Å². The molecule has 6 heteroatoms. The third-order valence-corrected chi connectivity index (χ3v) is 3.19. The molecule has 1 aromatic rings. The van der Waals surface area contributed by atoms with E-state index < -0.39 is 0 Å². The Balaban J connectivity index is 0.00000200. The van der Waals surface area contributed by atoms with E-state index in [4.69, 9.17) is 5.73 Å². The summed E-state index contributed by atoms with van der Waals surface area (Å²) >= 11 is 0. The zero-order valence-corrected chi connectivity index (χ0v) is 12.1. The van der Waals surface area contributed by atoms with Crippen LogP contribution >= 0.6 is 12.4 Å². The van der Waals surface area contributed by atoms with E-state index in [1.165, 1.54) is 0 Å². The number of hydrogen-bond acceptors (Lipinski definition) is 3. The Kier molecular flexibility index (Phi) is 6.48. The smallest absolute Gasteiger partial charge is 0.231 e. The van der Waals surface area contributed by atoms with Gasteiger partial charge in [0.05, 0.1) is 6.42 Å². The molecular weight excluding hydrogens is 278 g/mol. The minimum atomic E-state index is -0.00891. The molecule has 0 unspecified atom stereocenters. The largest absolute Gasteiger partial charge is 0.354 e. The highest BCUT2D eigenvalue weighted by molar-refractivity contribution is 6.01. The van der Waals surface area contributed by atoms with Crippen molar-refractivity contribution in [1.29, 1.82) is 0 Å². The molecule has 1 heterocycles. The van der Waals surface area contributed by atoms with Gasteiger partial charge in [-0.05, 0) is 24.6 Å². The number of fused-ring (bicyclic) bond motifs is 1. The van der Waals surface area contributed by atoms with Gasteiger partial charge in [0.15, 0.2) is 0 Å². The zero-order valence-electron chi connectivity index (χ0n) is 11.3. The van der Waals surface area contributed by atoms with Crippen molar-refractivity contribution in [1.82, 2.24) is 5.32 Å². The molecule has 0 bridgehead atoms. The molecule has 1 aliphatic heterocycles. The molecule has 0 saturated heterocycles. The van der Waals surface area contributed by atoms with E-state index in [0.29, 0.717) is 38.9 Å². The van der Waals surface area contributed by atoms with Crippen molar-refractivity contribution in [2.24, 2.45) is 5.73 Å². The van der Waals surface area contributed by atoms with E-state index in [-0.39, 0.29) is 24.2 Å². The van der Waals surface area contributed by atoms with Crippen molar-refractivity contribution in [3.05, 3.63) is 29.8 Å². The highest BCUT2D eigenvalue weighted by Gasteiger charge is 2.25. The van der Waals surface area contributed by atoms with Crippen LogP contribution in [0, 0.1) is 0 Å². The lowest BCUT2D eigenvalue weighted by atomic mass is 10.2. The molecule has 2 rings (SSSR count). The Morgan fingerprint density at radius 1 is 1.35 bits per heavy atom. The quantitative estimate of drug-likeness (QED) is 0.817. The first-order chi connectivity index (χ1) is 9.22. The molecule has 2 amide bonds. The Hall–Kier alpha value is -1.59. The maximum Gasteiger partial charge on any atom is 0.231 e. The third kappa shape index (κ3) is 3.95. The van der Waals surface area contributed by atoms with Crippen LogP contribution in [0.2, 0.25) is 0 Å². The van der Waals surface area contributed by atoms with Gasteiger partial charge >= 0.3 is 0 Å². The molecule has 3 N–H and O–H groups in total. The number of anilines is 1. The SMILES string of the molecule is Cl.NCCCC(=O)NCCN1C(=O)Cc2ccccc21. The number of amides is 2. The van der Waals surface area contributed by atoms with E-state index in [1.807, 2.05) is 24.3 Å². The normalized spacial score (nSPS) is 12.8. The lowest BCUT2D eigenvalue weighted by Crippen LogP contribution is -2.36. The average Bonchev–Trinajstić information content (AvgIpc) is 2.73. The first-order valence-electron chi connectivity index (χ1n) is 6.57. The summed E-state index contributed by atoms with van der Waals surface area (Å²) in [4.78, 5) is 25.0. The number of nitrogens with two attached hydrogens (primary N) is 1. The van der Waals surface area contributed by atoms with E-state index in [1.54, 1.807) is 4.90 Å². The van der Waals surface area contributed by atoms with Gasteiger partial charge in [0.2, 0.25) is 11.8 Å². The number of nitrogens with zero attached hydrogens (tertiary/aromatic N) is 1. The summed E-state index contributed by atoms with van der Waals surface area (Å²) in [5.41, 5.74) is 7.36. The fourth-order valence-corrected chi connectivity index (χ4v) is 2.22. The first kappa shape index (κ1) is 16.5. The van der Waals surface area contributed by atoms with Gasteiger partial charge in [-0.3, -0.25) is 9.59 Å². The fourth-order valence-electron chi connectivity index (χ4n) is 2.22. The molecule has 110 valence electrons. The van der Waals surface area contributed by atoms with Crippen molar-refractivity contribution < 1.29 is 9.59 Å². The molecule has 1 aliphatic rings. The highest BCUT2D eigenvalue weighted by atomic mass is 35.5. The molecule has 0 spiro atoms. The molecule has 0 atom stereocenters. The second-order valence-electron chi connectivity index (χ2n) is 4.59. The predicted molar refractivity (Wildman–Crippen MR) is 81.0 cm³/mol. The third-order valence-electron chi connectivity index (χ3n) is 3.19. The summed E-state index contributed by atoms with van der Waals surface area (Å²) in [6.45, 7) is 1.51. The lowest BCUT2D eigenvalue weighted by Gasteiger charge is -2.17. The topological polar surface area (TPSA) is 75.4 Å². The van der Waals surface area contributed by atoms with Crippen molar-refractivity contribution in [3.8, 4) is 0 Å². The summed E-state index contributed by atoms with van der Waals surface area (Å²) in [5.74, 6) is 0.0859. The van der Waals surface area contributed by atoms with Gasteiger partial charge in [-0.15, -0.1) is 12.4 Å². The monoisotopic (exact) mass is 297 g/mol. The minimum absolute atomic E-state index is 0. The molecule has 20 heavy (non-hydrogen) atoms. The molecule has 0 saturated carbocycles. The van der Waals surface area contributed by atoms with Gasteiger partial charge in [-0.1, -0.05) is 18.2 Å². The van der Waals surface area contributed by atoms with Gasteiger partial charge in [-0.2, -0.15) is 0 Å². The molecule has 0 aliphatic carbocycles. The number of benzene rings is 1. The lowest BCUT2D eigenvalue weighted by molar-refractivity contribution is -0.121. The summed E-state index contributed by atoms with van der Waals surface area (Å²) in [6, 6.07) is 7.76. The van der Waals surface area contributed by atoms with Crippen LogP contribution in [-0.2, 0) is 16.0 Å². The Bertz CT molecular complexity index is 479. The summed E-state index contributed by atoms with van der Waals surface area (Å²) in [7, 11) is 0. The van der Waals surface area contributed by atoms with E-state index in [0.717, 1.165) is 11.3 Å². The van der Waals surface area contributed by atoms with Crippen LogP contribution in [0.25, 0.3) is 0 Å². The maximum atomic E-state index is 11.9. The van der Waals surface area contributed by atoms with Crippen molar-refractivity contribution in [2.75, 3.05) is 24.5 Å². The maximum absolute atomic E-state index is 11.9. The number of halogens is 1. The van der Waals surface area contributed by atoms with Crippen LogP contribution in [0.15, 0.2) is 24.3 Å². The van der Waals surface area contributed by atoms with Crippen molar-refractivity contribution >= 4 is 29.9 Å². The van der Waals surface area contributed by atoms with Gasteiger partial charge in [0, 0.05) is 25.2 Å². The molecule has 1 aromatic carbocycles. The molecule has 5 nitrogen and oxygen atoms in total. The van der Waals surface area contributed by atoms with Crippen LogP contribution in [0.3, 0.4) is 0 Å².